The van der Waals surface area contributed by atoms with Crippen LogP contribution in [0.3, 0.4) is 0 Å². The summed E-state index contributed by atoms with van der Waals surface area (Å²) in [5.74, 6) is -0.220. The topological polar surface area (TPSA) is 159 Å². The first-order chi connectivity index (χ1) is 16.7. The highest BCUT2D eigenvalue weighted by molar-refractivity contribution is 7.87. The lowest BCUT2D eigenvalue weighted by molar-refractivity contribution is 0.132. The van der Waals surface area contributed by atoms with Gasteiger partial charge < -0.3 is 19.3 Å². The number of benzene rings is 2. The highest BCUT2D eigenvalue weighted by Crippen LogP contribution is 2.26. The van der Waals surface area contributed by atoms with Gasteiger partial charge >= 0.3 is 6.09 Å². The van der Waals surface area contributed by atoms with E-state index in [4.69, 9.17) is 19.1 Å². The molecule has 35 heavy (non-hydrogen) atoms. The number of carbonyl (C=O) groups is 1. The molecule has 188 valence electrons. The molecule has 0 radical (unpaired) electrons. The number of rotatable bonds is 12. The number of amides is 1. The summed E-state index contributed by atoms with van der Waals surface area (Å²) in [7, 11) is -2.44. The molecule has 3 aromatic rings. The van der Waals surface area contributed by atoms with Crippen molar-refractivity contribution in [2.75, 3.05) is 13.7 Å². The molecule has 13 heteroatoms. The second-order valence-electron chi connectivity index (χ2n) is 7.50. The molecule has 1 amide bonds. The van der Waals surface area contributed by atoms with Gasteiger partial charge in [-0.3, -0.25) is 0 Å². The Bertz CT molecular complexity index is 1220. The average molecular weight is 508 g/mol. The molecule has 1 aromatic heterocycles. The zero-order valence-electron chi connectivity index (χ0n) is 18.9. The van der Waals surface area contributed by atoms with Gasteiger partial charge in [-0.1, -0.05) is 35.5 Å². The third kappa shape index (κ3) is 8.31. The average Bonchev–Trinajstić information content (AvgIpc) is 3.32. The number of nitrogens with one attached hydrogen (secondary N) is 2. The lowest BCUT2D eigenvalue weighted by Crippen LogP contribution is -2.32. The first kappa shape index (κ1) is 26.1. The van der Waals surface area contributed by atoms with Gasteiger partial charge in [-0.25, -0.2) is 19.0 Å². The largest absolute Gasteiger partial charge is 0.494 e. The van der Waals surface area contributed by atoms with Crippen LogP contribution in [0.1, 0.15) is 36.8 Å². The van der Waals surface area contributed by atoms with Crippen molar-refractivity contribution in [3.05, 3.63) is 65.8 Å². The van der Waals surface area contributed by atoms with Gasteiger partial charge in [0.25, 0.3) is 10.2 Å². The molecule has 0 aliphatic rings. The molecule has 0 saturated heterocycles. The zero-order valence-corrected chi connectivity index (χ0v) is 19.8. The van der Waals surface area contributed by atoms with E-state index in [0.717, 1.165) is 5.56 Å². The van der Waals surface area contributed by atoms with Crippen molar-refractivity contribution in [1.29, 1.82) is 0 Å². The Morgan fingerprint density at radius 3 is 2.69 bits per heavy atom. The highest BCUT2D eigenvalue weighted by Gasteiger charge is 2.23. The summed E-state index contributed by atoms with van der Waals surface area (Å²) in [6.07, 6.45) is 0.601. The van der Waals surface area contributed by atoms with Gasteiger partial charge in [0.2, 0.25) is 11.7 Å². The van der Waals surface area contributed by atoms with E-state index < -0.39 is 28.2 Å². The predicted molar refractivity (Wildman–Crippen MR) is 124 cm³/mol. The lowest BCUT2D eigenvalue weighted by atomic mass is 10.1. The van der Waals surface area contributed by atoms with Gasteiger partial charge in [-0.15, -0.1) is 0 Å². The third-order valence-corrected chi connectivity index (χ3v) is 5.48. The van der Waals surface area contributed by atoms with Gasteiger partial charge in [-0.2, -0.15) is 13.4 Å². The number of nitrogens with two attached hydrogens (primary N) is 1. The fraction of sp³-hybridized carbons (Fsp3) is 0.318. The van der Waals surface area contributed by atoms with Crippen LogP contribution in [0.25, 0.3) is 11.4 Å². The number of hydrogen-bond donors (Lipinski definition) is 3. The Kier molecular flexibility index (Phi) is 9.11. The van der Waals surface area contributed by atoms with Crippen LogP contribution in [-0.4, -0.2) is 38.3 Å². The third-order valence-electron chi connectivity index (χ3n) is 4.88. The lowest BCUT2D eigenvalue weighted by Gasteiger charge is -2.15. The maximum atomic E-state index is 13.7. The first-order valence-electron chi connectivity index (χ1n) is 10.7. The normalized spacial score (nSPS) is 12.2. The van der Waals surface area contributed by atoms with Crippen molar-refractivity contribution >= 4 is 16.3 Å². The number of hydrogen-bond acceptors (Lipinski definition) is 8. The van der Waals surface area contributed by atoms with Gasteiger partial charge in [0.1, 0.15) is 12.6 Å². The quantitative estimate of drug-likeness (QED) is 0.316. The summed E-state index contributed by atoms with van der Waals surface area (Å²) in [5.41, 5.74) is 1.28. The van der Waals surface area contributed by atoms with E-state index in [0.29, 0.717) is 24.8 Å². The number of carbonyl (C=O) groups excluding carboxylic acids is 1. The standard InChI is InChI=1S/C22H26FN5O6S/c1-32-19-13-16(10-11-17(19)23)20-27-21(34-28-20)18(9-5-6-12-25-35(24,30)31)26-22(29)33-14-15-7-3-2-4-8-15/h2-4,7-8,10-11,13,18,25H,5-6,9,12,14H2,1H3,(H,26,29)(H2,24,30,31)/t18-/m1/s1. The highest BCUT2D eigenvalue weighted by atomic mass is 32.2. The van der Waals surface area contributed by atoms with Crippen molar-refractivity contribution in [2.45, 2.75) is 31.9 Å². The molecule has 0 aliphatic carbocycles. The van der Waals surface area contributed by atoms with Crippen LogP contribution < -0.4 is 19.9 Å². The second-order valence-corrected chi connectivity index (χ2v) is 8.88. The molecule has 0 spiro atoms. The molecule has 4 N–H and O–H groups in total. The smallest absolute Gasteiger partial charge is 0.408 e. The SMILES string of the molecule is COc1cc(-c2noc([C@@H](CCCCNS(N)(=O)=O)NC(=O)OCc3ccccc3)n2)ccc1F. The summed E-state index contributed by atoms with van der Waals surface area (Å²) in [4.78, 5) is 16.8. The minimum Gasteiger partial charge on any atom is -0.494 e. The Morgan fingerprint density at radius 1 is 1.20 bits per heavy atom. The van der Waals surface area contributed by atoms with Gasteiger partial charge in [0.15, 0.2) is 11.6 Å². The molecule has 0 saturated carbocycles. The summed E-state index contributed by atoms with van der Waals surface area (Å²) < 4.78 is 53.6. The van der Waals surface area contributed by atoms with Crippen molar-refractivity contribution in [1.82, 2.24) is 20.2 Å². The number of methoxy groups -OCH3 is 1. The zero-order chi connectivity index (χ0) is 25.3. The molecule has 1 heterocycles. The Labute approximate surface area is 202 Å². The Morgan fingerprint density at radius 2 is 1.97 bits per heavy atom. The van der Waals surface area contributed by atoms with E-state index in [1.807, 2.05) is 30.3 Å². The van der Waals surface area contributed by atoms with E-state index in [9.17, 15) is 17.6 Å². The number of unbranched alkanes of at least 4 members (excludes halogenated alkanes) is 1. The maximum absolute atomic E-state index is 13.7. The van der Waals surface area contributed by atoms with E-state index in [-0.39, 0.29) is 30.6 Å². The van der Waals surface area contributed by atoms with E-state index in [2.05, 4.69) is 20.2 Å². The number of ether oxygens (including phenoxy) is 2. The van der Waals surface area contributed by atoms with Crippen LogP contribution in [0.5, 0.6) is 5.75 Å². The second kappa shape index (κ2) is 12.2. The monoisotopic (exact) mass is 507 g/mol. The first-order valence-corrected chi connectivity index (χ1v) is 12.2. The predicted octanol–water partition coefficient (Wildman–Crippen LogP) is 2.82. The number of halogens is 1. The summed E-state index contributed by atoms with van der Waals surface area (Å²) in [6.45, 7) is 0.205. The Hall–Kier alpha value is -3.55. The molecule has 0 aliphatic heterocycles. The fourth-order valence-corrected chi connectivity index (χ4v) is 3.57. The van der Waals surface area contributed by atoms with Crippen molar-refractivity contribution in [3.63, 3.8) is 0 Å². The van der Waals surface area contributed by atoms with Gasteiger partial charge in [0, 0.05) is 12.1 Å². The van der Waals surface area contributed by atoms with E-state index in [1.54, 1.807) is 0 Å². The van der Waals surface area contributed by atoms with Gasteiger partial charge in [0.05, 0.1) is 7.11 Å². The van der Waals surface area contributed by atoms with Crippen molar-refractivity contribution in [3.8, 4) is 17.1 Å². The molecule has 0 fully saturated rings. The molecule has 2 aromatic carbocycles. The van der Waals surface area contributed by atoms with Crippen LogP contribution in [0.2, 0.25) is 0 Å². The van der Waals surface area contributed by atoms with Gasteiger partial charge in [-0.05, 0) is 43.0 Å². The number of aromatic nitrogens is 2. The molecule has 0 unspecified atom stereocenters. The van der Waals surface area contributed by atoms with Crippen LogP contribution in [-0.2, 0) is 21.6 Å². The fourth-order valence-electron chi connectivity index (χ4n) is 3.15. The van der Waals surface area contributed by atoms with Crippen molar-refractivity contribution in [2.24, 2.45) is 5.14 Å². The minimum atomic E-state index is -3.78. The molecular formula is C22H26FN5O6S. The molecule has 3 rings (SSSR count). The molecule has 11 nitrogen and oxygen atoms in total. The van der Waals surface area contributed by atoms with E-state index in [1.165, 1.54) is 25.3 Å². The van der Waals surface area contributed by atoms with E-state index >= 15 is 0 Å². The van der Waals surface area contributed by atoms with Crippen LogP contribution in [0, 0.1) is 5.82 Å². The molecular weight excluding hydrogens is 481 g/mol. The number of alkyl carbamates (subject to hydrolysis) is 1. The minimum absolute atomic E-state index is 0.0235. The maximum Gasteiger partial charge on any atom is 0.408 e. The number of nitrogens with zero attached hydrogens (tertiary/aromatic N) is 2. The Balaban J connectivity index is 1.68. The summed E-state index contributed by atoms with van der Waals surface area (Å²) in [6, 6.07) is 12.6. The summed E-state index contributed by atoms with van der Waals surface area (Å²) >= 11 is 0. The molecule has 1 atom stereocenters. The molecule has 0 bridgehead atoms. The summed E-state index contributed by atoms with van der Waals surface area (Å²) in [5, 5.41) is 11.6. The van der Waals surface area contributed by atoms with Crippen LogP contribution in [0.15, 0.2) is 53.1 Å². The van der Waals surface area contributed by atoms with Crippen LogP contribution >= 0.6 is 0 Å². The van der Waals surface area contributed by atoms with Crippen molar-refractivity contribution < 1.29 is 31.6 Å². The van der Waals surface area contributed by atoms with Crippen LogP contribution in [0.4, 0.5) is 9.18 Å².